The van der Waals surface area contributed by atoms with Crippen LogP contribution in [0.25, 0.3) is 0 Å². The maximum atomic E-state index is 5.66. The Morgan fingerprint density at radius 1 is 0.900 bits per heavy atom. The van der Waals surface area contributed by atoms with Crippen molar-refractivity contribution in [2.45, 2.75) is 18.3 Å². The zero-order chi connectivity index (χ0) is 13.4. The van der Waals surface area contributed by atoms with Gasteiger partial charge in [-0.1, -0.05) is 0 Å². The molecule has 1 aromatic rings. The number of anilines is 1. The average molecular weight is 277 g/mol. The van der Waals surface area contributed by atoms with E-state index in [1.54, 1.807) is 0 Å². The fourth-order valence-electron chi connectivity index (χ4n) is 2.23. The van der Waals surface area contributed by atoms with Crippen molar-refractivity contribution in [3.8, 4) is 5.75 Å². The van der Waals surface area contributed by atoms with Crippen LogP contribution in [0.15, 0.2) is 24.3 Å². The number of epoxide rings is 3. The second kappa shape index (κ2) is 5.24. The molecule has 0 N–H and O–H groups in total. The largest absolute Gasteiger partial charge is 0.491 e. The van der Waals surface area contributed by atoms with Crippen LogP contribution in [0.2, 0.25) is 0 Å². The van der Waals surface area contributed by atoms with Crippen molar-refractivity contribution in [1.82, 2.24) is 0 Å². The van der Waals surface area contributed by atoms with E-state index in [-0.39, 0.29) is 0 Å². The van der Waals surface area contributed by atoms with Crippen LogP contribution in [-0.4, -0.2) is 57.8 Å². The summed E-state index contributed by atoms with van der Waals surface area (Å²) in [5.41, 5.74) is 1.20. The van der Waals surface area contributed by atoms with E-state index in [1.807, 2.05) is 12.1 Å². The molecule has 0 aliphatic carbocycles. The highest BCUT2D eigenvalue weighted by Crippen LogP contribution is 2.25. The Morgan fingerprint density at radius 3 is 1.95 bits per heavy atom. The zero-order valence-corrected chi connectivity index (χ0v) is 11.4. The molecule has 3 aliphatic heterocycles. The molecule has 4 rings (SSSR count). The van der Waals surface area contributed by atoms with E-state index in [4.69, 9.17) is 18.9 Å². The lowest BCUT2D eigenvalue weighted by Crippen LogP contribution is -2.31. The summed E-state index contributed by atoms with van der Waals surface area (Å²) in [6, 6.07) is 8.25. The molecule has 108 valence electrons. The highest BCUT2D eigenvalue weighted by atomic mass is 16.6. The molecule has 3 fully saturated rings. The summed E-state index contributed by atoms with van der Waals surface area (Å²) in [5.74, 6) is 0.898. The minimum Gasteiger partial charge on any atom is -0.491 e. The summed E-state index contributed by atoms with van der Waals surface area (Å²) in [6.45, 7) is 5.12. The van der Waals surface area contributed by atoms with Gasteiger partial charge in [0.05, 0.1) is 32.0 Å². The topological polar surface area (TPSA) is 50.1 Å². The van der Waals surface area contributed by atoms with E-state index < -0.39 is 0 Å². The van der Waals surface area contributed by atoms with Crippen LogP contribution in [-0.2, 0) is 14.2 Å². The van der Waals surface area contributed by atoms with Crippen molar-refractivity contribution in [1.29, 1.82) is 0 Å². The van der Waals surface area contributed by atoms with Gasteiger partial charge in [0.25, 0.3) is 0 Å². The summed E-state index contributed by atoms with van der Waals surface area (Å²) >= 11 is 0. The van der Waals surface area contributed by atoms with Crippen LogP contribution in [0.3, 0.4) is 0 Å². The Balaban J connectivity index is 1.38. The highest BCUT2D eigenvalue weighted by molar-refractivity contribution is 5.49. The van der Waals surface area contributed by atoms with Crippen molar-refractivity contribution in [2.24, 2.45) is 0 Å². The van der Waals surface area contributed by atoms with Crippen LogP contribution in [0.5, 0.6) is 5.75 Å². The van der Waals surface area contributed by atoms with Gasteiger partial charge in [-0.15, -0.1) is 0 Å². The van der Waals surface area contributed by atoms with Gasteiger partial charge in [0.15, 0.2) is 0 Å². The predicted octanol–water partition coefficient (Wildman–Crippen LogP) is 1.07. The quantitative estimate of drug-likeness (QED) is 0.665. The van der Waals surface area contributed by atoms with Gasteiger partial charge in [0, 0.05) is 18.8 Å². The summed E-state index contributed by atoms with van der Waals surface area (Å²) in [5, 5.41) is 0. The Morgan fingerprint density at radius 2 is 1.45 bits per heavy atom. The maximum absolute atomic E-state index is 5.66. The Bertz CT molecular complexity index is 437. The van der Waals surface area contributed by atoms with Crippen molar-refractivity contribution < 1.29 is 18.9 Å². The van der Waals surface area contributed by atoms with Gasteiger partial charge in [-0.2, -0.15) is 0 Å². The molecule has 3 heterocycles. The number of ether oxygens (including phenoxy) is 4. The third-order valence-corrected chi connectivity index (χ3v) is 3.69. The van der Waals surface area contributed by atoms with Crippen LogP contribution >= 0.6 is 0 Å². The molecular formula is C15H19NO4. The van der Waals surface area contributed by atoms with Crippen LogP contribution in [0.4, 0.5) is 5.69 Å². The van der Waals surface area contributed by atoms with E-state index in [0.717, 1.165) is 38.7 Å². The van der Waals surface area contributed by atoms with Crippen molar-refractivity contribution in [3.63, 3.8) is 0 Å². The van der Waals surface area contributed by atoms with Crippen LogP contribution in [0, 0.1) is 0 Å². The lowest BCUT2D eigenvalue weighted by atomic mass is 10.2. The molecule has 5 nitrogen and oxygen atoms in total. The van der Waals surface area contributed by atoms with Crippen molar-refractivity contribution in [2.75, 3.05) is 44.4 Å². The minimum absolute atomic E-state index is 0.296. The van der Waals surface area contributed by atoms with Crippen molar-refractivity contribution >= 4 is 5.69 Å². The van der Waals surface area contributed by atoms with Crippen LogP contribution in [0.1, 0.15) is 0 Å². The third-order valence-electron chi connectivity index (χ3n) is 3.69. The minimum atomic E-state index is 0.296. The Kier molecular flexibility index (Phi) is 3.26. The summed E-state index contributed by atoms with van der Waals surface area (Å²) in [7, 11) is 0. The maximum Gasteiger partial charge on any atom is 0.119 e. The number of hydrogen-bond acceptors (Lipinski definition) is 5. The zero-order valence-electron chi connectivity index (χ0n) is 11.4. The molecule has 0 unspecified atom stereocenters. The second-order valence-electron chi connectivity index (χ2n) is 5.58. The third kappa shape index (κ3) is 3.42. The molecule has 3 atom stereocenters. The van der Waals surface area contributed by atoms with Gasteiger partial charge < -0.3 is 23.8 Å². The smallest absolute Gasteiger partial charge is 0.119 e. The number of nitrogens with zero attached hydrogens (tertiary/aromatic N) is 1. The first-order valence-corrected chi connectivity index (χ1v) is 7.19. The molecule has 0 bridgehead atoms. The summed E-state index contributed by atoms with van der Waals surface area (Å²) in [6.07, 6.45) is 1.07. The van der Waals surface area contributed by atoms with Gasteiger partial charge in [-0.25, -0.2) is 0 Å². The van der Waals surface area contributed by atoms with Gasteiger partial charge in [-0.05, 0) is 24.3 Å². The second-order valence-corrected chi connectivity index (χ2v) is 5.58. The number of benzene rings is 1. The van der Waals surface area contributed by atoms with E-state index in [1.165, 1.54) is 5.69 Å². The molecule has 0 radical (unpaired) electrons. The standard InChI is InChI=1S/C15H19NO4/c1-3-12(17-9-15-10-20-15)4-2-11(1)16(5-13-7-18-13)6-14-8-19-14/h1-4,13-15H,5-10H2/t13-,14-,15+/m1/s1. The Labute approximate surface area is 118 Å². The molecule has 20 heavy (non-hydrogen) atoms. The fraction of sp³-hybridized carbons (Fsp3) is 0.600. The molecule has 5 heteroatoms. The first-order chi connectivity index (χ1) is 9.87. The van der Waals surface area contributed by atoms with Gasteiger partial charge in [0.1, 0.15) is 18.5 Å². The highest BCUT2D eigenvalue weighted by Gasteiger charge is 2.30. The average Bonchev–Trinajstić information content (AvgIpc) is 3.32. The van der Waals surface area contributed by atoms with E-state index in [2.05, 4.69) is 17.0 Å². The lowest BCUT2D eigenvalue weighted by molar-refractivity contribution is 0.263. The SMILES string of the molecule is c1cc(N(C[C@@H]2CO2)C[C@@H]2CO2)ccc1OC[C@H]1CO1. The van der Waals surface area contributed by atoms with Gasteiger partial charge in [0.2, 0.25) is 0 Å². The molecule has 0 saturated carbocycles. The molecular weight excluding hydrogens is 258 g/mol. The van der Waals surface area contributed by atoms with E-state index >= 15 is 0 Å². The summed E-state index contributed by atoms with van der Waals surface area (Å²) in [4.78, 5) is 2.34. The summed E-state index contributed by atoms with van der Waals surface area (Å²) < 4.78 is 21.5. The Hall–Kier alpha value is -1.30. The lowest BCUT2D eigenvalue weighted by Gasteiger charge is -2.23. The van der Waals surface area contributed by atoms with Gasteiger partial charge in [-0.3, -0.25) is 0 Å². The normalized spacial score (nSPS) is 29.9. The monoisotopic (exact) mass is 277 g/mol. The molecule has 0 spiro atoms. The molecule has 3 saturated heterocycles. The predicted molar refractivity (Wildman–Crippen MR) is 73.4 cm³/mol. The molecule has 3 aliphatic rings. The molecule has 0 aromatic heterocycles. The molecule has 1 aromatic carbocycles. The van der Waals surface area contributed by atoms with Crippen molar-refractivity contribution in [3.05, 3.63) is 24.3 Å². The number of hydrogen-bond donors (Lipinski definition) is 0. The van der Waals surface area contributed by atoms with E-state index in [0.29, 0.717) is 24.9 Å². The number of rotatable bonds is 8. The van der Waals surface area contributed by atoms with Crippen LogP contribution < -0.4 is 9.64 Å². The van der Waals surface area contributed by atoms with E-state index in [9.17, 15) is 0 Å². The first-order valence-electron chi connectivity index (χ1n) is 7.19. The van der Waals surface area contributed by atoms with Gasteiger partial charge >= 0.3 is 0 Å². The fourth-order valence-corrected chi connectivity index (χ4v) is 2.23. The first kappa shape index (κ1) is 12.4. The molecule has 0 amide bonds.